The average molecular weight is 232 g/mol. The minimum absolute atomic E-state index is 0.407. The summed E-state index contributed by atoms with van der Waals surface area (Å²) in [5.41, 5.74) is 1.48. The second-order valence-electron chi connectivity index (χ2n) is 3.35. The largest absolute Gasteiger partial charge is 0.494 e. The lowest BCUT2D eigenvalue weighted by Gasteiger charge is -1.98. The number of rotatable bonds is 3. The second-order valence-corrected chi connectivity index (χ2v) is 3.35. The van der Waals surface area contributed by atoms with Crippen LogP contribution in [0.1, 0.15) is 5.69 Å². The van der Waals surface area contributed by atoms with Gasteiger partial charge in [0.05, 0.1) is 19.9 Å². The number of nitrogens with zero attached hydrogens (tertiary/aromatic N) is 1. The molecule has 0 saturated heterocycles. The van der Waals surface area contributed by atoms with Crippen molar-refractivity contribution in [3.05, 3.63) is 30.0 Å². The number of fused-ring (bicyclic) bond motifs is 1. The van der Waals surface area contributed by atoms with Gasteiger partial charge in [0.15, 0.2) is 0 Å². The van der Waals surface area contributed by atoms with Gasteiger partial charge in [-0.25, -0.2) is 4.79 Å². The molecule has 0 saturated carbocycles. The molecule has 0 amide bonds. The molecule has 0 fully saturated rings. The SMILES string of the molecule is COC(=O)/C=C/c1[nH]nc2c(OC)cccc12. The smallest absolute Gasteiger partial charge is 0.330 e. The van der Waals surface area contributed by atoms with Gasteiger partial charge >= 0.3 is 5.97 Å². The number of hydrogen-bond acceptors (Lipinski definition) is 4. The fourth-order valence-electron chi connectivity index (χ4n) is 1.54. The molecule has 0 aliphatic rings. The van der Waals surface area contributed by atoms with Crippen LogP contribution in [0.15, 0.2) is 24.3 Å². The third kappa shape index (κ3) is 2.13. The molecular formula is C12H12N2O3. The van der Waals surface area contributed by atoms with E-state index in [0.717, 1.165) is 16.6 Å². The Labute approximate surface area is 98.0 Å². The molecule has 0 bridgehead atoms. The molecular weight excluding hydrogens is 220 g/mol. The van der Waals surface area contributed by atoms with Crippen molar-refractivity contribution >= 4 is 22.9 Å². The number of esters is 1. The van der Waals surface area contributed by atoms with E-state index in [9.17, 15) is 4.79 Å². The van der Waals surface area contributed by atoms with Gasteiger partial charge in [0, 0.05) is 11.5 Å². The first-order chi connectivity index (χ1) is 8.26. The Morgan fingerprint density at radius 1 is 1.41 bits per heavy atom. The lowest BCUT2D eigenvalue weighted by molar-refractivity contribution is -0.134. The summed E-state index contributed by atoms with van der Waals surface area (Å²) in [6.45, 7) is 0. The monoisotopic (exact) mass is 232 g/mol. The quantitative estimate of drug-likeness (QED) is 0.647. The van der Waals surface area contributed by atoms with E-state index in [1.165, 1.54) is 13.2 Å². The van der Waals surface area contributed by atoms with Gasteiger partial charge in [0.1, 0.15) is 11.3 Å². The molecule has 2 aromatic rings. The van der Waals surface area contributed by atoms with E-state index >= 15 is 0 Å². The Morgan fingerprint density at radius 3 is 2.94 bits per heavy atom. The molecule has 0 aliphatic carbocycles. The van der Waals surface area contributed by atoms with Gasteiger partial charge in [-0.2, -0.15) is 5.10 Å². The molecule has 17 heavy (non-hydrogen) atoms. The van der Waals surface area contributed by atoms with Crippen LogP contribution in [0.3, 0.4) is 0 Å². The predicted octanol–water partition coefficient (Wildman–Crippen LogP) is 1.76. The Hall–Kier alpha value is -2.30. The van der Waals surface area contributed by atoms with Crippen LogP contribution >= 0.6 is 0 Å². The predicted molar refractivity (Wildman–Crippen MR) is 63.7 cm³/mol. The maximum absolute atomic E-state index is 11.0. The van der Waals surface area contributed by atoms with Crippen LogP contribution in [0.5, 0.6) is 5.75 Å². The number of H-pyrrole nitrogens is 1. The maximum atomic E-state index is 11.0. The molecule has 1 aromatic heterocycles. The standard InChI is InChI=1S/C12H12N2O3/c1-16-10-5-3-4-8-9(13-14-12(8)10)6-7-11(15)17-2/h3-7H,1-2H3,(H,13,14)/b7-6+. The van der Waals surface area contributed by atoms with Gasteiger partial charge in [-0.1, -0.05) is 12.1 Å². The van der Waals surface area contributed by atoms with Crippen LogP contribution in [0, 0.1) is 0 Å². The number of aromatic amines is 1. The molecule has 5 nitrogen and oxygen atoms in total. The van der Waals surface area contributed by atoms with Crippen LogP contribution in [0.4, 0.5) is 0 Å². The Kier molecular flexibility index (Phi) is 3.09. The summed E-state index contributed by atoms with van der Waals surface area (Å²) < 4.78 is 9.71. The van der Waals surface area contributed by atoms with Crippen LogP contribution in [0.2, 0.25) is 0 Å². The number of nitrogens with one attached hydrogen (secondary N) is 1. The molecule has 5 heteroatoms. The zero-order chi connectivity index (χ0) is 12.3. The van der Waals surface area contributed by atoms with Gasteiger partial charge in [0.2, 0.25) is 0 Å². The third-order valence-corrected chi connectivity index (χ3v) is 2.38. The van der Waals surface area contributed by atoms with Gasteiger partial charge < -0.3 is 9.47 Å². The fraction of sp³-hybridized carbons (Fsp3) is 0.167. The Balaban J connectivity index is 2.43. The van der Waals surface area contributed by atoms with E-state index in [-0.39, 0.29) is 0 Å². The summed E-state index contributed by atoms with van der Waals surface area (Å²) in [5.74, 6) is 0.284. The van der Waals surface area contributed by atoms with Crippen molar-refractivity contribution in [3.63, 3.8) is 0 Å². The van der Waals surface area contributed by atoms with E-state index in [1.54, 1.807) is 13.2 Å². The summed E-state index contributed by atoms with van der Waals surface area (Å²) in [6.07, 6.45) is 2.97. The van der Waals surface area contributed by atoms with Crippen molar-refractivity contribution in [3.8, 4) is 5.75 Å². The number of carbonyl (C=O) groups excluding carboxylic acids is 1. The molecule has 2 rings (SSSR count). The molecule has 0 radical (unpaired) electrons. The van der Waals surface area contributed by atoms with Gasteiger partial charge in [-0.05, 0) is 12.1 Å². The minimum Gasteiger partial charge on any atom is -0.494 e. The maximum Gasteiger partial charge on any atom is 0.330 e. The van der Waals surface area contributed by atoms with Crippen molar-refractivity contribution in [2.45, 2.75) is 0 Å². The van der Waals surface area contributed by atoms with Crippen molar-refractivity contribution in [1.82, 2.24) is 10.2 Å². The highest BCUT2D eigenvalue weighted by molar-refractivity contribution is 5.94. The van der Waals surface area contributed by atoms with E-state index < -0.39 is 5.97 Å². The number of methoxy groups -OCH3 is 2. The van der Waals surface area contributed by atoms with Crippen molar-refractivity contribution in [2.75, 3.05) is 14.2 Å². The lowest BCUT2D eigenvalue weighted by atomic mass is 10.2. The van der Waals surface area contributed by atoms with Crippen LogP contribution in [-0.2, 0) is 9.53 Å². The first-order valence-corrected chi connectivity index (χ1v) is 5.03. The zero-order valence-electron chi connectivity index (χ0n) is 9.56. The molecule has 1 aromatic carbocycles. The molecule has 1 heterocycles. The van der Waals surface area contributed by atoms with Crippen LogP contribution < -0.4 is 4.74 Å². The summed E-state index contributed by atoms with van der Waals surface area (Å²) in [6, 6.07) is 5.60. The highest BCUT2D eigenvalue weighted by atomic mass is 16.5. The minimum atomic E-state index is -0.407. The lowest BCUT2D eigenvalue weighted by Crippen LogP contribution is -1.93. The molecule has 0 spiro atoms. The third-order valence-electron chi connectivity index (χ3n) is 2.38. The van der Waals surface area contributed by atoms with Crippen molar-refractivity contribution < 1.29 is 14.3 Å². The number of carbonyl (C=O) groups is 1. The summed E-state index contributed by atoms with van der Waals surface area (Å²) in [4.78, 5) is 11.0. The second kappa shape index (κ2) is 4.69. The molecule has 0 unspecified atom stereocenters. The van der Waals surface area contributed by atoms with Gasteiger partial charge in [0.25, 0.3) is 0 Å². The summed E-state index contributed by atoms with van der Waals surface area (Å²) >= 11 is 0. The van der Waals surface area contributed by atoms with E-state index in [4.69, 9.17) is 4.74 Å². The highest BCUT2D eigenvalue weighted by Crippen LogP contribution is 2.25. The number of para-hydroxylation sites is 1. The van der Waals surface area contributed by atoms with Crippen molar-refractivity contribution in [2.24, 2.45) is 0 Å². The Morgan fingerprint density at radius 2 is 2.24 bits per heavy atom. The van der Waals surface area contributed by atoms with E-state index in [1.807, 2.05) is 18.2 Å². The van der Waals surface area contributed by atoms with Gasteiger partial charge in [-0.3, -0.25) is 5.10 Å². The molecule has 0 atom stereocenters. The topological polar surface area (TPSA) is 64.2 Å². The first kappa shape index (κ1) is 11.2. The normalized spacial score (nSPS) is 10.9. The summed E-state index contributed by atoms with van der Waals surface area (Å²) in [7, 11) is 2.92. The molecule has 0 aliphatic heterocycles. The van der Waals surface area contributed by atoms with E-state index in [2.05, 4.69) is 14.9 Å². The average Bonchev–Trinajstić information content (AvgIpc) is 2.78. The van der Waals surface area contributed by atoms with Gasteiger partial charge in [-0.15, -0.1) is 0 Å². The number of ether oxygens (including phenoxy) is 2. The van der Waals surface area contributed by atoms with Crippen LogP contribution in [0.25, 0.3) is 17.0 Å². The number of aromatic nitrogens is 2. The molecule has 88 valence electrons. The highest BCUT2D eigenvalue weighted by Gasteiger charge is 2.07. The number of benzene rings is 1. The molecule has 1 N–H and O–H groups in total. The Bertz CT molecular complexity index is 572. The zero-order valence-corrected chi connectivity index (χ0v) is 9.56. The number of hydrogen-bond donors (Lipinski definition) is 1. The fourth-order valence-corrected chi connectivity index (χ4v) is 1.54. The van der Waals surface area contributed by atoms with Crippen molar-refractivity contribution in [1.29, 1.82) is 0 Å². The summed E-state index contributed by atoms with van der Waals surface area (Å²) in [5, 5.41) is 7.88. The van der Waals surface area contributed by atoms with E-state index in [0.29, 0.717) is 5.75 Å². The van der Waals surface area contributed by atoms with Crippen LogP contribution in [-0.4, -0.2) is 30.4 Å². The first-order valence-electron chi connectivity index (χ1n) is 5.03.